The summed E-state index contributed by atoms with van der Waals surface area (Å²) in [5.74, 6) is 0.788. The van der Waals surface area contributed by atoms with Gasteiger partial charge in [-0.1, -0.05) is 0 Å². The van der Waals surface area contributed by atoms with Crippen molar-refractivity contribution < 1.29 is 9.84 Å². The maximum absolute atomic E-state index is 9.07. The van der Waals surface area contributed by atoms with Crippen LogP contribution in [-0.2, 0) is 17.8 Å². The minimum Gasteiger partial charge on any atom is -0.390 e. The highest BCUT2D eigenvalue weighted by Gasteiger charge is 2.16. The van der Waals surface area contributed by atoms with Crippen molar-refractivity contribution in [2.75, 3.05) is 6.61 Å². The van der Waals surface area contributed by atoms with E-state index in [4.69, 9.17) is 9.84 Å². The van der Waals surface area contributed by atoms with E-state index in [1.54, 1.807) is 0 Å². The van der Waals surface area contributed by atoms with Crippen LogP contribution >= 0.6 is 0 Å². The summed E-state index contributed by atoms with van der Waals surface area (Å²) in [5, 5.41) is 9.07. The Morgan fingerprint density at radius 3 is 3.00 bits per heavy atom. The molecule has 1 aliphatic heterocycles. The molecule has 1 atom stereocenters. The van der Waals surface area contributed by atoms with Crippen molar-refractivity contribution in [3.05, 3.63) is 23.3 Å². The van der Waals surface area contributed by atoms with Crippen molar-refractivity contribution in [1.82, 2.24) is 9.97 Å². The van der Waals surface area contributed by atoms with Gasteiger partial charge >= 0.3 is 0 Å². The zero-order valence-corrected chi connectivity index (χ0v) is 9.65. The van der Waals surface area contributed by atoms with Crippen LogP contribution in [0.3, 0.4) is 0 Å². The lowest BCUT2D eigenvalue weighted by atomic mass is 10.1. The minimum atomic E-state index is -0.0259. The SMILES string of the molecule is Cc1cc(CO)nc(CC2CCCCO2)n1. The van der Waals surface area contributed by atoms with Gasteiger partial charge in [-0.2, -0.15) is 0 Å². The Bertz CT molecular complexity index is 349. The monoisotopic (exact) mass is 222 g/mol. The van der Waals surface area contributed by atoms with Crippen LogP contribution in [0.2, 0.25) is 0 Å². The number of hydrogen-bond acceptors (Lipinski definition) is 4. The van der Waals surface area contributed by atoms with Crippen molar-refractivity contribution in [3.8, 4) is 0 Å². The van der Waals surface area contributed by atoms with Crippen LogP contribution in [-0.4, -0.2) is 27.8 Å². The van der Waals surface area contributed by atoms with Gasteiger partial charge in [-0.25, -0.2) is 9.97 Å². The van der Waals surface area contributed by atoms with Gasteiger partial charge in [0.2, 0.25) is 0 Å². The second kappa shape index (κ2) is 5.37. The maximum Gasteiger partial charge on any atom is 0.131 e. The molecule has 4 nitrogen and oxygen atoms in total. The molecular formula is C12H18N2O2. The minimum absolute atomic E-state index is 0.0259. The molecule has 0 bridgehead atoms. The molecule has 16 heavy (non-hydrogen) atoms. The van der Waals surface area contributed by atoms with Crippen LogP contribution in [0.15, 0.2) is 6.07 Å². The predicted molar refractivity (Wildman–Crippen MR) is 60.0 cm³/mol. The molecule has 0 saturated carbocycles. The number of hydrogen-bond donors (Lipinski definition) is 1. The first kappa shape index (κ1) is 11.5. The first-order valence-corrected chi connectivity index (χ1v) is 5.84. The predicted octanol–water partition coefficient (Wildman–Crippen LogP) is 1.39. The van der Waals surface area contributed by atoms with E-state index in [1.807, 2.05) is 13.0 Å². The lowest BCUT2D eigenvalue weighted by molar-refractivity contribution is 0.0155. The smallest absolute Gasteiger partial charge is 0.131 e. The first-order chi connectivity index (χ1) is 7.78. The first-order valence-electron chi connectivity index (χ1n) is 5.84. The summed E-state index contributed by atoms with van der Waals surface area (Å²) in [7, 11) is 0. The molecule has 0 spiro atoms. The lowest BCUT2D eigenvalue weighted by Crippen LogP contribution is -2.22. The third-order valence-corrected chi connectivity index (χ3v) is 2.80. The Kier molecular flexibility index (Phi) is 3.85. The molecule has 1 aliphatic rings. The highest BCUT2D eigenvalue weighted by atomic mass is 16.5. The van der Waals surface area contributed by atoms with Gasteiger partial charge in [-0.05, 0) is 32.3 Å². The van der Waals surface area contributed by atoms with Gasteiger partial charge < -0.3 is 9.84 Å². The summed E-state index contributed by atoms with van der Waals surface area (Å²) in [5.41, 5.74) is 1.60. The summed E-state index contributed by atoms with van der Waals surface area (Å²) in [6.07, 6.45) is 4.48. The van der Waals surface area contributed by atoms with Crippen LogP contribution in [0.5, 0.6) is 0 Å². The number of aryl methyl sites for hydroxylation is 1. The van der Waals surface area contributed by atoms with Crippen LogP contribution in [0.25, 0.3) is 0 Å². The average molecular weight is 222 g/mol. The molecule has 0 aliphatic carbocycles. The van der Waals surface area contributed by atoms with Crippen LogP contribution in [0, 0.1) is 6.92 Å². The fourth-order valence-electron chi connectivity index (χ4n) is 2.04. The maximum atomic E-state index is 9.07. The molecule has 1 N–H and O–H groups in total. The summed E-state index contributed by atoms with van der Waals surface area (Å²) >= 11 is 0. The van der Waals surface area contributed by atoms with Crippen LogP contribution in [0.1, 0.15) is 36.5 Å². The molecule has 0 radical (unpaired) electrons. The van der Waals surface area contributed by atoms with Gasteiger partial charge in [0, 0.05) is 18.7 Å². The molecule has 1 aromatic heterocycles. The lowest BCUT2D eigenvalue weighted by Gasteiger charge is -2.21. The van der Waals surface area contributed by atoms with E-state index in [9.17, 15) is 0 Å². The van der Waals surface area contributed by atoms with Crippen molar-refractivity contribution in [1.29, 1.82) is 0 Å². The van der Waals surface area contributed by atoms with E-state index in [2.05, 4.69) is 9.97 Å². The molecule has 1 saturated heterocycles. The van der Waals surface area contributed by atoms with Crippen LogP contribution in [0.4, 0.5) is 0 Å². The second-order valence-corrected chi connectivity index (χ2v) is 4.27. The van der Waals surface area contributed by atoms with E-state index in [1.165, 1.54) is 6.42 Å². The quantitative estimate of drug-likeness (QED) is 0.839. The Morgan fingerprint density at radius 1 is 1.44 bits per heavy atom. The Morgan fingerprint density at radius 2 is 2.31 bits per heavy atom. The van der Waals surface area contributed by atoms with E-state index in [0.29, 0.717) is 5.69 Å². The fourth-order valence-corrected chi connectivity index (χ4v) is 2.04. The third kappa shape index (κ3) is 3.00. The number of aliphatic hydroxyl groups excluding tert-OH is 1. The summed E-state index contributed by atoms with van der Waals surface area (Å²) < 4.78 is 5.65. The van der Waals surface area contributed by atoms with E-state index < -0.39 is 0 Å². The standard InChI is InChI=1S/C12H18N2O2/c1-9-6-10(8-15)14-12(13-9)7-11-4-2-3-5-16-11/h6,11,15H,2-5,7-8H2,1H3. The van der Waals surface area contributed by atoms with E-state index in [-0.39, 0.29) is 12.7 Å². The van der Waals surface area contributed by atoms with Crippen molar-refractivity contribution in [3.63, 3.8) is 0 Å². The average Bonchev–Trinajstić information content (AvgIpc) is 2.29. The van der Waals surface area contributed by atoms with Gasteiger partial charge in [-0.3, -0.25) is 0 Å². The Labute approximate surface area is 95.7 Å². The number of rotatable bonds is 3. The van der Waals surface area contributed by atoms with Crippen LogP contribution < -0.4 is 0 Å². The summed E-state index contributed by atoms with van der Waals surface area (Å²) in [6, 6.07) is 1.81. The number of ether oxygens (including phenoxy) is 1. The van der Waals surface area contributed by atoms with Gasteiger partial charge in [0.25, 0.3) is 0 Å². The van der Waals surface area contributed by atoms with E-state index in [0.717, 1.165) is 37.4 Å². The zero-order valence-electron chi connectivity index (χ0n) is 9.65. The highest BCUT2D eigenvalue weighted by molar-refractivity contribution is 5.09. The molecule has 1 fully saturated rings. The molecular weight excluding hydrogens is 204 g/mol. The molecule has 88 valence electrons. The largest absolute Gasteiger partial charge is 0.390 e. The summed E-state index contributed by atoms with van der Waals surface area (Å²) in [6.45, 7) is 2.75. The topological polar surface area (TPSA) is 55.2 Å². The summed E-state index contributed by atoms with van der Waals surface area (Å²) in [4.78, 5) is 8.68. The molecule has 0 aromatic carbocycles. The van der Waals surface area contributed by atoms with Gasteiger partial charge in [0.1, 0.15) is 5.82 Å². The number of aliphatic hydroxyl groups is 1. The molecule has 4 heteroatoms. The van der Waals surface area contributed by atoms with Gasteiger partial charge in [0.15, 0.2) is 0 Å². The molecule has 0 amide bonds. The number of aromatic nitrogens is 2. The van der Waals surface area contributed by atoms with Crippen molar-refractivity contribution in [2.24, 2.45) is 0 Å². The molecule has 1 unspecified atom stereocenters. The van der Waals surface area contributed by atoms with Crippen molar-refractivity contribution >= 4 is 0 Å². The number of nitrogens with zero attached hydrogens (tertiary/aromatic N) is 2. The Balaban J connectivity index is 2.04. The third-order valence-electron chi connectivity index (χ3n) is 2.80. The zero-order chi connectivity index (χ0) is 11.4. The second-order valence-electron chi connectivity index (χ2n) is 4.27. The Hall–Kier alpha value is -1.00. The van der Waals surface area contributed by atoms with Crippen molar-refractivity contribution in [2.45, 2.75) is 45.3 Å². The molecule has 2 heterocycles. The van der Waals surface area contributed by atoms with Gasteiger partial charge in [-0.15, -0.1) is 0 Å². The molecule has 2 rings (SSSR count). The normalized spacial score (nSPS) is 21.0. The molecule has 1 aromatic rings. The van der Waals surface area contributed by atoms with E-state index >= 15 is 0 Å². The van der Waals surface area contributed by atoms with Gasteiger partial charge in [0.05, 0.1) is 18.4 Å². The highest BCUT2D eigenvalue weighted by Crippen LogP contribution is 2.16. The fraction of sp³-hybridized carbons (Fsp3) is 0.667.